The molecule has 0 fully saturated rings. The molecule has 0 spiro atoms. The Morgan fingerprint density at radius 2 is 1.66 bits per heavy atom. The van der Waals surface area contributed by atoms with E-state index < -0.39 is 5.97 Å². The fraction of sp³-hybridized carbons (Fsp3) is 0.194. The highest BCUT2D eigenvalue weighted by Gasteiger charge is 2.18. The quantitative estimate of drug-likeness (QED) is 0.226. The van der Waals surface area contributed by atoms with E-state index >= 15 is 0 Å². The molecule has 7 nitrogen and oxygen atoms in total. The number of anilines is 1. The van der Waals surface area contributed by atoms with Crippen molar-refractivity contribution >= 4 is 34.2 Å². The van der Waals surface area contributed by atoms with E-state index in [0.29, 0.717) is 35.6 Å². The third-order valence-electron chi connectivity index (χ3n) is 6.23. The number of benzene rings is 4. The molecule has 0 radical (unpaired) electrons. The van der Waals surface area contributed by atoms with Crippen LogP contribution in [-0.4, -0.2) is 22.9 Å². The number of fused-ring (bicyclic) bond motifs is 1. The van der Waals surface area contributed by atoms with Crippen LogP contribution in [0.3, 0.4) is 0 Å². The predicted molar refractivity (Wildman–Crippen MR) is 148 cm³/mol. The van der Waals surface area contributed by atoms with Crippen LogP contribution in [0, 0.1) is 0 Å². The Kier molecular flexibility index (Phi) is 8.38. The molecule has 0 aliphatic carbocycles. The van der Waals surface area contributed by atoms with E-state index in [9.17, 15) is 14.4 Å². The van der Waals surface area contributed by atoms with E-state index in [4.69, 9.17) is 9.84 Å². The van der Waals surface area contributed by atoms with Crippen LogP contribution in [0.4, 0.5) is 5.69 Å². The van der Waals surface area contributed by atoms with Crippen molar-refractivity contribution in [1.82, 2.24) is 5.32 Å². The lowest BCUT2D eigenvalue weighted by atomic mass is 9.98. The zero-order valence-electron chi connectivity index (χ0n) is 21.4. The standard InChI is InChI=1S/C31H30N2O5/c1-20(25-13-7-10-22-9-3-4-12-26(22)25)32-31(37)27-19-24(18-17-23(27)11-8-16-30(35)36)38-29-15-6-5-14-28(29)33-21(2)34/h3-7,9-10,12-15,17-20H,8,11,16H2,1-2H3,(H,32,37)(H,33,34)(H,35,36). The highest BCUT2D eigenvalue weighted by atomic mass is 16.5. The summed E-state index contributed by atoms with van der Waals surface area (Å²) in [6.07, 6.45) is 0.844. The number of aryl methyl sites for hydroxylation is 1. The summed E-state index contributed by atoms with van der Waals surface area (Å²) in [5.74, 6) is -0.520. The molecule has 0 aliphatic rings. The third-order valence-corrected chi connectivity index (χ3v) is 6.23. The minimum atomic E-state index is -0.880. The molecule has 0 aromatic heterocycles. The van der Waals surface area contributed by atoms with Gasteiger partial charge in [0, 0.05) is 18.9 Å². The van der Waals surface area contributed by atoms with Crippen LogP contribution in [0.5, 0.6) is 11.5 Å². The number of carboxylic acid groups (broad SMARTS) is 1. The molecule has 0 saturated heterocycles. The maximum Gasteiger partial charge on any atom is 0.303 e. The number of carbonyl (C=O) groups is 3. The lowest BCUT2D eigenvalue weighted by Gasteiger charge is -2.19. The Morgan fingerprint density at radius 1 is 0.921 bits per heavy atom. The summed E-state index contributed by atoms with van der Waals surface area (Å²) in [4.78, 5) is 36.2. The van der Waals surface area contributed by atoms with Gasteiger partial charge in [-0.25, -0.2) is 0 Å². The number of rotatable bonds is 10. The Morgan fingerprint density at radius 3 is 2.45 bits per heavy atom. The van der Waals surface area contributed by atoms with E-state index in [2.05, 4.69) is 10.6 Å². The van der Waals surface area contributed by atoms with Gasteiger partial charge in [0.05, 0.1) is 11.7 Å². The molecule has 4 aromatic rings. The first-order valence-electron chi connectivity index (χ1n) is 12.5. The van der Waals surface area contributed by atoms with Crippen LogP contribution in [-0.2, 0) is 16.0 Å². The second kappa shape index (κ2) is 12.1. The lowest BCUT2D eigenvalue weighted by Crippen LogP contribution is -2.27. The zero-order valence-corrected chi connectivity index (χ0v) is 21.4. The van der Waals surface area contributed by atoms with E-state index in [1.807, 2.05) is 49.4 Å². The largest absolute Gasteiger partial charge is 0.481 e. The van der Waals surface area contributed by atoms with Gasteiger partial charge in [-0.1, -0.05) is 60.7 Å². The Balaban J connectivity index is 1.62. The van der Waals surface area contributed by atoms with Crippen molar-refractivity contribution in [2.75, 3.05) is 5.32 Å². The number of hydrogen-bond acceptors (Lipinski definition) is 4. The van der Waals surface area contributed by atoms with Crippen LogP contribution >= 0.6 is 0 Å². The Hall–Kier alpha value is -4.65. The average molecular weight is 511 g/mol. The van der Waals surface area contributed by atoms with Crippen LogP contribution in [0.2, 0.25) is 0 Å². The average Bonchev–Trinajstić information content (AvgIpc) is 2.89. The summed E-state index contributed by atoms with van der Waals surface area (Å²) < 4.78 is 6.06. The highest BCUT2D eigenvalue weighted by Crippen LogP contribution is 2.31. The van der Waals surface area contributed by atoms with Crippen molar-refractivity contribution in [3.8, 4) is 11.5 Å². The highest BCUT2D eigenvalue weighted by molar-refractivity contribution is 5.97. The molecule has 194 valence electrons. The molecule has 7 heteroatoms. The smallest absolute Gasteiger partial charge is 0.303 e. The van der Waals surface area contributed by atoms with Crippen LogP contribution in [0.25, 0.3) is 10.8 Å². The van der Waals surface area contributed by atoms with Crippen LogP contribution < -0.4 is 15.4 Å². The number of carbonyl (C=O) groups excluding carboxylic acids is 2. The molecule has 4 rings (SSSR count). The molecule has 1 unspecified atom stereocenters. The first-order valence-corrected chi connectivity index (χ1v) is 12.5. The maximum atomic E-state index is 13.6. The molecule has 0 bridgehead atoms. The van der Waals surface area contributed by atoms with Gasteiger partial charge in [0.15, 0.2) is 5.75 Å². The van der Waals surface area contributed by atoms with Gasteiger partial charge < -0.3 is 20.5 Å². The second-order valence-electron chi connectivity index (χ2n) is 9.11. The van der Waals surface area contributed by atoms with E-state index in [1.54, 1.807) is 42.5 Å². The topological polar surface area (TPSA) is 105 Å². The summed E-state index contributed by atoms with van der Waals surface area (Å²) in [6, 6.07) is 26.0. The molecule has 3 N–H and O–H groups in total. The number of hydrogen-bond donors (Lipinski definition) is 3. The van der Waals surface area contributed by atoms with Crippen LogP contribution in [0.15, 0.2) is 84.9 Å². The number of amides is 2. The summed E-state index contributed by atoms with van der Waals surface area (Å²) in [5.41, 5.74) is 2.66. The van der Waals surface area contributed by atoms with Gasteiger partial charge in [0.25, 0.3) is 5.91 Å². The number of para-hydroxylation sites is 2. The van der Waals surface area contributed by atoms with Crippen molar-refractivity contribution in [3.63, 3.8) is 0 Å². The predicted octanol–water partition coefficient (Wildman–Crippen LogP) is 6.49. The number of nitrogens with one attached hydrogen (secondary N) is 2. The first kappa shape index (κ1) is 26.4. The van der Waals surface area contributed by atoms with Crippen molar-refractivity contribution in [1.29, 1.82) is 0 Å². The molecule has 2 amide bonds. The number of ether oxygens (including phenoxy) is 1. The van der Waals surface area contributed by atoms with Crippen molar-refractivity contribution < 1.29 is 24.2 Å². The van der Waals surface area contributed by atoms with Gasteiger partial charge in [0.2, 0.25) is 5.91 Å². The fourth-order valence-electron chi connectivity index (χ4n) is 4.43. The van der Waals surface area contributed by atoms with Crippen molar-refractivity contribution in [2.45, 2.75) is 39.2 Å². The van der Waals surface area contributed by atoms with Gasteiger partial charge in [-0.3, -0.25) is 14.4 Å². The van der Waals surface area contributed by atoms with Gasteiger partial charge >= 0.3 is 5.97 Å². The number of carboxylic acids is 1. The summed E-state index contributed by atoms with van der Waals surface area (Å²) >= 11 is 0. The molecule has 4 aromatic carbocycles. The normalized spacial score (nSPS) is 11.5. The molecule has 0 aliphatic heterocycles. The van der Waals surface area contributed by atoms with Crippen molar-refractivity contribution in [3.05, 3.63) is 102 Å². The Labute approximate surface area is 221 Å². The van der Waals surface area contributed by atoms with Gasteiger partial charge in [-0.2, -0.15) is 0 Å². The molecular formula is C31H30N2O5. The molecular weight excluding hydrogens is 480 g/mol. The summed E-state index contributed by atoms with van der Waals surface area (Å²) in [5, 5.41) is 17.1. The Bertz CT molecular complexity index is 1480. The molecule has 0 heterocycles. The van der Waals surface area contributed by atoms with E-state index in [1.165, 1.54) is 6.92 Å². The van der Waals surface area contributed by atoms with E-state index in [0.717, 1.165) is 21.9 Å². The van der Waals surface area contributed by atoms with Crippen LogP contribution in [0.1, 0.15) is 54.2 Å². The first-order chi connectivity index (χ1) is 18.3. The zero-order chi connectivity index (χ0) is 27.1. The van der Waals surface area contributed by atoms with E-state index in [-0.39, 0.29) is 24.3 Å². The summed E-state index contributed by atoms with van der Waals surface area (Å²) in [7, 11) is 0. The van der Waals surface area contributed by atoms with Crippen molar-refractivity contribution in [2.24, 2.45) is 0 Å². The SMILES string of the molecule is CC(=O)Nc1ccccc1Oc1ccc(CCCC(=O)O)c(C(=O)NC(C)c2cccc3ccccc23)c1. The second-order valence-corrected chi connectivity index (χ2v) is 9.11. The minimum absolute atomic E-state index is 0.00973. The van der Waals surface area contributed by atoms with Gasteiger partial charge in [0.1, 0.15) is 5.75 Å². The third kappa shape index (κ3) is 6.56. The lowest BCUT2D eigenvalue weighted by molar-refractivity contribution is -0.137. The minimum Gasteiger partial charge on any atom is -0.481 e. The number of aliphatic carboxylic acids is 1. The summed E-state index contributed by atoms with van der Waals surface area (Å²) in [6.45, 7) is 3.36. The van der Waals surface area contributed by atoms with Gasteiger partial charge in [-0.05, 0) is 65.9 Å². The molecule has 38 heavy (non-hydrogen) atoms. The maximum absolute atomic E-state index is 13.6. The fourth-order valence-corrected chi connectivity index (χ4v) is 4.43. The monoisotopic (exact) mass is 510 g/mol. The van der Waals surface area contributed by atoms with Gasteiger partial charge in [-0.15, -0.1) is 0 Å². The molecule has 1 atom stereocenters. The molecule has 0 saturated carbocycles.